The van der Waals surface area contributed by atoms with Gasteiger partial charge in [0, 0.05) is 12.5 Å². The zero-order valence-electron chi connectivity index (χ0n) is 13.1. The van der Waals surface area contributed by atoms with E-state index in [9.17, 15) is 14.9 Å². The minimum atomic E-state index is -0.546. The number of hydrogen-bond donors (Lipinski definition) is 1. The lowest BCUT2D eigenvalue weighted by atomic mass is 10.1. The van der Waals surface area contributed by atoms with Crippen molar-refractivity contribution in [2.24, 2.45) is 0 Å². The van der Waals surface area contributed by atoms with E-state index in [1.807, 2.05) is 26.0 Å². The molecule has 0 aliphatic carbocycles. The summed E-state index contributed by atoms with van der Waals surface area (Å²) in [5.41, 5.74) is 3.94. The van der Waals surface area contributed by atoms with Gasteiger partial charge < -0.3 is 4.98 Å². The van der Waals surface area contributed by atoms with E-state index in [4.69, 9.17) is 11.6 Å². The number of nitrogens with one attached hydrogen (secondary N) is 1. The average Bonchev–Trinajstić information content (AvgIpc) is 2.51. The second-order valence-corrected chi connectivity index (χ2v) is 6.09. The topological polar surface area (TPSA) is 88.9 Å². The molecule has 0 unspecified atom stereocenters. The molecule has 1 heterocycles. The predicted octanol–water partition coefficient (Wildman–Crippen LogP) is 3.69. The second kappa shape index (κ2) is 6.05. The van der Waals surface area contributed by atoms with Gasteiger partial charge in [0.15, 0.2) is 0 Å². The summed E-state index contributed by atoms with van der Waals surface area (Å²) in [6.07, 6.45) is 0.191. The number of hydrogen-bond acceptors (Lipinski definition) is 4. The van der Waals surface area contributed by atoms with Gasteiger partial charge in [-0.05, 0) is 48.7 Å². The quantitative estimate of drug-likeness (QED) is 0.580. The molecule has 24 heavy (non-hydrogen) atoms. The lowest BCUT2D eigenvalue weighted by molar-refractivity contribution is -0.384. The molecule has 1 N–H and O–H groups in total. The van der Waals surface area contributed by atoms with Crippen LogP contribution in [0, 0.1) is 24.0 Å². The highest BCUT2D eigenvalue weighted by Crippen LogP contribution is 2.26. The van der Waals surface area contributed by atoms with Gasteiger partial charge in [0.2, 0.25) is 0 Å². The molecule has 3 aromatic rings. The normalized spacial score (nSPS) is 11.0. The van der Waals surface area contributed by atoms with Gasteiger partial charge >= 0.3 is 0 Å². The highest BCUT2D eigenvalue weighted by Gasteiger charge is 2.14. The van der Waals surface area contributed by atoms with Crippen molar-refractivity contribution in [2.45, 2.75) is 20.3 Å². The van der Waals surface area contributed by atoms with Crippen molar-refractivity contribution in [3.8, 4) is 0 Å². The summed E-state index contributed by atoms with van der Waals surface area (Å²) in [6.45, 7) is 3.94. The van der Waals surface area contributed by atoms with Gasteiger partial charge in [-0.3, -0.25) is 14.9 Å². The number of H-pyrrole nitrogens is 1. The number of benzene rings is 2. The Labute approximate surface area is 142 Å². The number of fused-ring (bicyclic) bond motifs is 1. The fraction of sp³-hybridized carbons (Fsp3) is 0.176. The molecule has 0 atom stereocenters. The van der Waals surface area contributed by atoms with Crippen LogP contribution in [0.1, 0.15) is 22.4 Å². The largest absolute Gasteiger partial charge is 0.319 e. The maximum absolute atomic E-state index is 12.2. The zero-order chi connectivity index (χ0) is 17.4. The van der Waals surface area contributed by atoms with Crippen LogP contribution >= 0.6 is 11.6 Å². The highest BCUT2D eigenvalue weighted by molar-refractivity contribution is 6.32. The summed E-state index contributed by atoms with van der Waals surface area (Å²) in [5.74, 6) is 0. The Bertz CT molecular complexity index is 1030. The SMILES string of the molecule is Cc1cc2nc(Cc3ccc(Cl)c([N+](=O)[O-])c3)c(=O)[nH]c2cc1C. The third kappa shape index (κ3) is 3.00. The minimum absolute atomic E-state index is 0.0650. The van der Waals surface area contributed by atoms with Crippen LogP contribution in [0.15, 0.2) is 35.1 Å². The first-order valence-corrected chi connectivity index (χ1v) is 7.66. The van der Waals surface area contributed by atoms with Crippen LogP contribution in [-0.4, -0.2) is 14.9 Å². The molecule has 0 aliphatic rings. The number of halogens is 1. The lowest BCUT2D eigenvalue weighted by Gasteiger charge is -2.06. The lowest BCUT2D eigenvalue weighted by Crippen LogP contribution is -2.15. The summed E-state index contributed by atoms with van der Waals surface area (Å²) in [7, 11) is 0. The highest BCUT2D eigenvalue weighted by atomic mass is 35.5. The van der Waals surface area contributed by atoms with Gasteiger partial charge in [-0.2, -0.15) is 0 Å². The Morgan fingerprint density at radius 1 is 1.21 bits per heavy atom. The molecule has 0 amide bonds. The number of aromatic nitrogens is 2. The number of nitro benzene ring substituents is 1. The minimum Gasteiger partial charge on any atom is -0.319 e. The molecular formula is C17H14ClN3O3. The van der Waals surface area contributed by atoms with Crippen LogP contribution in [0.3, 0.4) is 0 Å². The molecule has 1 aromatic heterocycles. The smallest absolute Gasteiger partial charge is 0.288 e. The van der Waals surface area contributed by atoms with Gasteiger partial charge in [-0.1, -0.05) is 17.7 Å². The van der Waals surface area contributed by atoms with Crippen molar-refractivity contribution in [3.63, 3.8) is 0 Å². The van der Waals surface area contributed by atoms with Crippen LogP contribution in [0.5, 0.6) is 0 Å². The molecule has 0 fully saturated rings. The third-order valence-electron chi connectivity index (χ3n) is 3.96. The van der Waals surface area contributed by atoms with Gasteiger partial charge in [0.1, 0.15) is 10.7 Å². The molecule has 122 valence electrons. The first-order valence-electron chi connectivity index (χ1n) is 7.28. The maximum atomic E-state index is 12.2. The van der Waals surface area contributed by atoms with Crippen LogP contribution < -0.4 is 5.56 Å². The van der Waals surface area contributed by atoms with E-state index in [2.05, 4.69) is 9.97 Å². The Hall–Kier alpha value is -2.73. The van der Waals surface area contributed by atoms with Crippen LogP contribution in [0.25, 0.3) is 11.0 Å². The number of aromatic amines is 1. The monoisotopic (exact) mass is 343 g/mol. The molecule has 2 aromatic carbocycles. The summed E-state index contributed by atoms with van der Waals surface area (Å²) < 4.78 is 0. The standard InChI is InChI=1S/C17H14ClN3O3/c1-9-5-13-14(6-10(9)2)20-17(22)15(19-13)7-11-3-4-12(18)16(8-11)21(23)24/h3-6,8H,7H2,1-2H3,(H,20,22). The van der Waals surface area contributed by atoms with Crippen molar-refractivity contribution in [1.29, 1.82) is 0 Å². The van der Waals surface area contributed by atoms with Crippen LogP contribution in [-0.2, 0) is 6.42 Å². The van der Waals surface area contributed by atoms with Gasteiger partial charge in [0.05, 0.1) is 16.0 Å². The van der Waals surface area contributed by atoms with Gasteiger partial charge in [-0.15, -0.1) is 0 Å². The fourth-order valence-corrected chi connectivity index (χ4v) is 2.69. The molecule has 7 heteroatoms. The van der Waals surface area contributed by atoms with Gasteiger partial charge in [-0.25, -0.2) is 4.98 Å². The molecule has 3 rings (SSSR count). The Morgan fingerprint density at radius 3 is 2.62 bits per heavy atom. The number of rotatable bonds is 3. The fourth-order valence-electron chi connectivity index (χ4n) is 2.51. The second-order valence-electron chi connectivity index (χ2n) is 5.69. The number of aryl methyl sites for hydroxylation is 2. The molecular weight excluding hydrogens is 330 g/mol. The first-order chi connectivity index (χ1) is 11.3. The third-order valence-corrected chi connectivity index (χ3v) is 4.28. The van der Waals surface area contributed by atoms with E-state index >= 15 is 0 Å². The summed E-state index contributed by atoms with van der Waals surface area (Å²) in [6, 6.07) is 8.28. The molecule has 0 spiro atoms. The summed E-state index contributed by atoms with van der Waals surface area (Å²) >= 11 is 5.81. The van der Waals surface area contributed by atoms with Crippen LogP contribution in [0.4, 0.5) is 5.69 Å². The van der Waals surface area contributed by atoms with E-state index < -0.39 is 4.92 Å². The Morgan fingerprint density at radius 2 is 1.92 bits per heavy atom. The van der Waals surface area contributed by atoms with Crippen molar-refractivity contribution in [1.82, 2.24) is 9.97 Å². The molecule has 0 radical (unpaired) electrons. The molecule has 0 saturated heterocycles. The maximum Gasteiger partial charge on any atom is 0.288 e. The van der Waals surface area contributed by atoms with Gasteiger partial charge in [0.25, 0.3) is 11.2 Å². The summed E-state index contributed by atoms with van der Waals surface area (Å²) in [4.78, 5) is 29.9. The number of nitrogens with zero attached hydrogens (tertiary/aromatic N) is 2. The molecule has 0 aliphatic heterocycles. The first kappa shape index (κ1) is 16.1. The Kier molecular flexibility index (Phi) is 4.07. The average molecular weight is 344 g/mol. The van der Waals surface area contributed by atoms with E-state index in [1.54, 1.807) is 6.07 Å². The van der Waals surface area contributed by atoms with Crippen molar-refractivity contribution >= 4 is 28.3 Å². The summed E-state index contributed by atoms with van der Waals surface area (Å²) in [5, 5.41) is 11.0. The molecule has 0 saturated carbocycles. The zero-order valence-corrected chi connectivity index (χ0v) is 13.8. The van der Waals surface area contributed by atoms with E-state index in [0.29, 0.717) is 22.3 Å². The van der Waals surface area contributed by atoms with E-state index in [1.165, 1.54) is 12.1 Å². The van der Waals surface area contributed by atoms with Crippen molar-refractivity contribution in [3.05, 3.63) is 78.2 Å². The molecule has 6 nitrogen and oxygen atoms in total. The molecule has 0 bridgehead atoms. The van der Waals surface area contributed by atoms with Crippen LogP contribution in [0.2, 0.25) is 5.02 Å². The van der Waals surface area contributed by atoms with E-state index in [-0.39, 0.29) is 22.7 Å². The Balaban J connectivity index is 2.06. The predicted molar refractivity (Wildman–Crippen MR) is 92.8 cm³/mol. The number of nitro groups is 1. The van der Waals surface area contributed by atoms with Crippen molar-refractivity contribution < 1.29 is 4.92 Å². The van der Waals surface area contributed by atoms with E-state index in [0.717, 1.165) is 11.1 Å². The van der Waals surface area contributed by atoms with Crippen molar-refractivity contribution in [2.75, 3.05) is 0 Å².